The number of rotatable bonds is 8. The van der Waals surface area contributed by atoms with Gasteiger partial charge in [-0.3, -0.25) is 9.69 Å². The van der Waals surface area contributed by atoms with E-state index in [0.717, 1.165) is 20.4 Å². The molecule has 190 valence electrons. The Balaban J connectivity index is 1.33. The molecule has 38 heavy (non-hydrogen) atoms. The van der Waals surface area contributed by atoms with E-state index in [-0.39, 0.29) is 11.5 Å². The Labute approximate surface area is 237 Å². The van der Waals surface area contributed by atoms with Crippen molar-refractivity contribution in [2.45, 2.75) is 13.2 Å². The fourth-order valence-corrected chi connectivity index (χ4v) is 5.38. The molecule has 0 atom stereocenters. The molecule has 1 aliphatic heterocycles. The second-order valence-corrected chi connectivity index (χ2v) is 10.5. The average Bonchev–Trinajstić information content (AvgIpc) is 3.53. The van der Waals surface area contributed by atoms with Crippen LogP contribution in [0.25, 0.3) is 6.08 Å². The fraction of sp³-hybridized carbons (Fsp3) is 0.0690. The molecule has 1 N–H and O–H groups in total. The number of nitrogens with zero attached hydrogens (tertiary/aromatic N) is 2. The number of aliphatic imine (C=N–C) groups is 1. The van der Waals surface area contributed by atoms with Crippen molar-refractivity contribution in [3.8, 4) is 5.75 Å². The molecule has 0 unspecified atom stereocenters. The minimum absolute atomic E-state index is 0.138. The molecular weight excluding hydrogens is 615 g/mol. The highest BCUT2D eigenvalue weighted by molar-refractivity contribution is 14.1. The van der Waals surface area contributed by atoms with E-state index in [1.165, 1.54) is 11.8 Å². The zero-order valence-electron chi connectivity index (χ0n) is 19.9. The average molecular weight is 636 g/mol. The molecule has 0 aliphatic carbocycles. The molecule has 0 radical (unpaired) electrons. The molecule has 0 bridgehead atoms. The summed E-state index contributed by atoms with van der Waals surface area (Å²) in [4.78, 5) is 31.3. The maximum atomic E-state index is 13.4. The zero-order valence-corrected chi connectivity index (χ0v) is 22.9. The number of amidine groups is 1. The maximum Gasteiger partial charge on any atom is 0.335 e. The van der Waals surface area contributed by atoms with E-state index in [0.29, 0.717) is 34.7 Å². The lowest BCUT2D eigenvalue weighted by Gasteiger charge is -2.13. The number of hydrogen-bond donors (Lipinski definition) is 1. The number of carbonyl (C=O) groups excluding carboxylic acids is 1. The van der Waals surface area contributed by atoms with E-state index in [9.17, 15) is 9.59 Å². The van der Waals surface area contributed by atoms with Crippen molar-refractivity contribution in [1.82, 2.24) is 4.90 Å². The number of para-hydroxylation sites is 1. The van der Waals surface area contributed by atoms with Crippen LogP contribution in [-0.4, -0.2) is 27.1 Å². The largest absolute Gasteiger partial charge is 0.488 e. The number of amides is 1. The summed E-state index contributed by atoms with van der Waals surface area (Å²) in [6.07, 6.45) is 3.44. The molecule has 9 heteroatoms. The summed E-state index contributed by atoms with van der Waals surface area (Å²) >= 11 is 3.53. The first-order valence-electron chi connectivity index (χ1n) is 11.6. The van der Waals surface area contributed by atoms with Gasteiger partial charge in [0.2, 0.25) is 0 Å². The summed E-state index contributed by atoms with van der Waals surface area (Å²) in [5.74, 6) is 0.278. The van der Waals surface area contributed by atoms with Crippen LogP contribution in [-0.2, 0) is 17.9 Å². The Morgan fingerprint density at radius 2 is 1.84 bits per heavy atom. The van der Waals surface area contributed by atoms with Crippen molar-refractivity contribution >= 4 is 63.2 Å². The summed E-state index contributed by atoms with van der Waals surface area (Å²) in [6, 6.07) is 25.5. The Hall–Kier alpha value is -3.83. The van der Waals surface area contributed by atoms with Crippen LogP contribution in [0.15, 0.2) is 106 Å². The predicted molar refractivity (Wildman–Crippen MR) is 155 cm³/mol. The van der Waals surface area contributed by atoms with Gasteiger partial charge in [-0.15, -0.1) is 0 Å². The highest BCUT2D eigenvalue weighted by Crippen LogP contribution is 2.36. The summed E-state index contributed by atoms with van der Waals surface area (Å²) in [6.45, 7) is 0.603. The lowest BCUT2D eigenvalue weighted by atomic mass is 10.1. The highest BCUT2D eigenvalue weighted by Gasteiger charge is 2.34. The Kier molecular flexibility index (Phi) is 7.94. The maximum absolute atomic E-state index is 13.4. The third kappa shape index (κ3) is 6.17. The normalized spacial score (nSPS) is 15.4. The highest BCUT2D eigenvalue weighted by atomic mass is 127. The Bertz CT molecular complexity index is 1520. The second-order valence-electron chi connectivity index (χ2n) is 8.29. The van der Waals surface area contributed by atoms with Crippen LogP contribution in [0, 0.1) is 3.57 Å². The fourth-order valence-electron chi connectivity index (χ4n) is 3.68. The van der Waals surface area contributed by atoms with Crippen LogP contribution >= 0.6 is 34.4 Å². The van der Waals surface area contributed by atoms with Gasteiger partial charge in [0, 0.05) is 0 Å². The van der Waals surface area contributed by atoms with Crippen LogP contribution in [0.3, 0.4) is 0 Å². The third-order valence-corrected chi connectivity index (χ3v) is 7.46. The van der Waals surface area contributed by atoms with Gasteiger partial charge < -0.3 is 14.3 Å². The van der Waals surface area contributed by atoms with Crippen molar-refractivity contribution in [1.29, 1.82) is 0 Å². The van der Waals surface area contributed by atoms with Crippen molar-refractivity contribution in [2.24, 2.45) is 4.99 Å². The Morgan fingerprint density at radius 1 is 1.05 bits per heavy atom. The van der Waals surface area contributed by atoms with E-state index in [1.807, 2.05) is 60.7 Å². The van der Waals surface area contributed by atoms with E-state index in [2.05, 4.69) is 22.6 Å². The molecule has 0 spiro atoms. The first kappa shape index (κ1) is 25.8. The van der Waals surface area contributed by atoms with E-state index < -0.39 is 5.97 Å². The molecule has 1 amide bonds. The molecular formula is C29H21IN2O5S. The minimum Gasteiger partial charge on any atom is -0.488 e. The van der Waals surface area contributed by atoms with Crippen molar-refractivity contribution in [2.75, 3.05) is 0 Å². The molecule has 3 aromatic carbocycles. The van der Waals surface area contributed by atoms with Crippen LogP contribution < -0.4 is 4.74 Å². The zero-order chi connectivity index (χ0) is 26.5. The van der Waals surface area contributed by atoms with E-state index >= 15 is 0 Å². The summed E-state index contributed by atoms with van der Waals surface area (Å²) in [5, 5.41) is 9.63. The van der Waals surface area contributed by atoms with E-state index in [1.54, 1.807) is 41.5 Å². The molecule has 1 saturated heterocycles. The van der Waals surface area contributed by atoms with Crippen molar-refractivity contribution in [3.63, 3.8) is 0 Å². The van der Waals surface area contributed by atoms with Crippen LogP contribution in [0.2, 0.25) is 0 Å². The van der Waals surface area contributed by atoms with Gasteiger partial charge in [0.25, 0.3) is 5.91 Å². The minimum atomic E-state index is -0.960. The monoisotopic (exact) mass is 636 g/mol. The number of carboxylic acid groups (broad SMARTS) is 1. The smallest absolute Gasteiger partial charge is 0.335 e. The number of thioether (sulfide) groups is 1. The number of furan rings is 1. The van der Waals surface area contributed by atoms with E-state index in [4.69, 9.17) is 19.3 Å². The van der Waals surface area contributed by atoms with Crippen LogP contribution in [0.4, 0.5) is 5.69 Å². The molecule has 5 rings (SSSR count). The lowest BCUT2D eigenvalue weighted by molar-refractivity contribution is -0.122. The number of halogens is 1. The molecule has 7 nitrogen and oxygen atoms in total. The molecule has 4 aromatic rings. The summed E-state index contributed by atoms with van der Waals surface area (Å²) in [5.41, 5.74) is 2.73. The number of aromatic carboxylic acids is 1. The summed E-state index contributed by atoms with van der Waals surface area (Å²) in [7, 11) is 0. The number of carbonyl (C=O) groups is 2. The van der Waals surface area contributed by atoms with Gasteiger partial charge in [-0.2, -0.15) is 0 Å². The standard InChI is InChI=1S/C29H21IN2O5S/c30-24-15-20(10-13-25(24)37-18-19-8-11-21(12-9-19)28(34)35)16-26-27(33)32(17-23-7-4-14-36-23)29(38-26)31-22-5-2-1-3-6-22/h1-16H,17-18H2,(H,34,35)/b26-16-,31-29?. The molecule has 1 fully saturated rings. The Morgan fingerprint density at radius 3 is 2.53 bits per heavy atom. The van der Waals surface area contributed by atoms with Gasteiger partial charge in [-0.05, 0) is 100 Å². The summed E-state index contributed by atoms with van der Waals surface area (Å²) < 4.78 is 12.3. The van der Waals surface area contributed by atoms with Crippen LogP contribution in [0.5, 0.6) is 5.75 Å². The van der Waals surface area contributed by atoms with Crippen molar-refractivity contribution in [3.05, 3.63) is 122 Å². The van der Waals surface area contributed by atoms with Gasteiger partial charge in [0.1, 0.15) is 18.1 Å². The predicted octanol–water partition coefficient (Wildman–Crippen LogP) is 6.97. The van der Waals surface area contributed by atoms with Gasteiger partial charge in [-0.1, -0.05) is 36.4 Å². The number of ether oxygens (including phenoxy) is 1. The lowest BCUT2D eigenvalue weighted by Crippen LogP contribution is -2.28. The molecule has 2 heterocycles. The van der Waals surface area contributed by atoms with Crippen LogP contribution in [0.1, 0.15) is 27.2 Å². The SMILES string of the molecule is O=C(O)c1ccc(COc2ccc(/C=C3\SC(=Nc4ccccc4)N(Cc4ccco4)C3=O)cc2I)cc1. The van der Waals surface area contributed by atoms with Gasteiger partial charge in [-0.25, -0.2) is 9.79 Å². The number of hydrogen-bond acceptors (Lipinski definition) is 6. The first-order chi connectivity index (χ1) is 18.5. The number of benzene rings is 3. The van der Waals surface area contributed by atoms with Gasteiger partial charge in [0.15, 0.2) is 5.17 Å². The topological polar surface area (TPSA) is 92.3 Å². The first-order valence-corrected chi connectivity index (χ1v) is 13.5. The van der Waals surface area contributed by atoms with Gasteiger partial charge >= 0.3 is 5.97 Å². The number of carboxylic acids is 1. The quantitative estimate of drug-likeness (QED) is 0.166. The molecule has 1 aliphatic rings. The third-order valence-electron chi connectivity index (χ3n) is 5.61. The molecule has 1 aromatic heterocycles. The van der Waals surface area contributed by atoms with Gasteiger partial charge in [0.05, 0.1) is 32.5 Å². The molecule has 0 saturated carbocycles. The second kappa shape index (κ2) is 11.7. The van der Waals surface area contributed by atoms with Crippen molar-refractivity contribution < 1.29 is 23.8 Å².